The van der Waals surface area contributed by atoms with E-state index in [1.165, 1.54) is 19.2 Å². The highest BCUT2D eigenvalue weighted by atomic mass is 35.5. The van der Waals surface area contributed by atoms with Gasteiger partial charge in [-0.15, -0.1) is 12.4 Å². The predicted molar refractivity (Wildman–Crippen MR) is 75.4 cm³/mol. The molecular weight excluding hydrogens is 312 g/mol. The molecule has 0 saturated carbocycles. The molecule has 1 rings (SSSR count). The van der Waals surface area contributed by atoms with Crippen LogP contribution in [0.5, 0.6) is 11.5 Å². The van der Waals surface area contributed by atoms with Crippen LogP contribution >= 0.6 is 24.0 Å². The van der Waals surface area contributed by atoms with Crippen LogP contribution in [-0.4, -0.2) is 31.0 Å². The summed E-state index contributed by atoms with van der Waals surface area (Å²) in [5.41, 5.74) is 5.86. The number of rotatable bonds is 5. The van der Waals surface area contributed by atoms with Crippen LogP contribution in [0, 0.1) is 0 Å². The Bertz CT molecular complexity index is 473. The van der Waals surface area contributed by atoms with Gasteiger partial charge in [0.15, 0.2) is 11.5 Å². The average Bonchev–Trinajstić information content (AvgIpc) is 2.40. The van der Waals surface area contributed by atoms with E-state index >= 15 is 0 Å². The molecule has 0 aliphatic heterocycles. The molecule has 1 aromatic carbocycles. The molecular formula is C12H16Cl2FNO4. The highest BCUT2D eigenvalue weighted by Crippen LogP contribution is 2.37. The van der Waals surface area contributed by atoms with Crippen molar-refractivity contribution in [1.29, 1.82) is 0 Å². The van der Waals surface area contributed by atoms with Crippen molar-refractivity contribution in [2.24, 2.45) is 5.73 Å². The Hall–Kier alpha value is -1.24. The smallest absolute Gasteiger partial charge is 0.342 e. The van der Waals surface area contributed by atoms with E-state index < -0.39 is 18.2 Å². The molecule has 0 aliphatic rings. The number of nitrogens with two attached hydrogens (primary N) is 1. The van der Waals surface area contributed by atoms with Gasteiger partial charge in [0.25, 0.3) is 0 Å². The van der Waals surface area contributed by atoms with Crippen molar-refractivity contribution in [3.63, 3.8) is 0 Å². The second-order valence-electron chi connectivity index (χ2n) is 3.73. The quantitative estimate of drug-likeness (QED) is 0.811. The number of carbonyl (C=O) groups excluding carboxylic acids is 1. The van der Waals surface area contributed by atoms with Crippen LogP contribution in [0.15, 0.2) is 12.1 Å². The van der Waals surface area contributed by atoms with Gasteiger partial charge in [0, 0.05) is 0 Å². The minimum atomic E-state index is -2.02. The van der Waals surface area contributed by atoms with Crippen molar-refractivity contribution in [3.8, 4) is 11.5 Å². The van der Waals surface area contributed by atoms with Crippen LogP contribution in [-0.2, 0) is 9.53 Å². The van der Waals surface area contributed by atoms with Gasteiger partial charge in [-0.05, 0) is 24.6 Å². The third-order valence-electron chi connectivity index (χ3n) is 2.48. The van der Waals surface area contributed by atoms with Crippen molar-refractivity contribution in [3.05, 3.63) is 22.7 Å². The van der Waals surface area contributed by atoms with E-state index in [9.17, 15) is 14.3 Å². The zero-order chi connectivity index (χ0) is 14.6. The van der Waals surface area contributed by atoms with Gasteiger partial charge in [-0.3, -0.25) is 0 Å². The number of phenolic OH excluding ortho intramolecular Hbond substituents is 1. The topological polar surface area (TPSA) is 81.8 Å². The van der Waals surface area contributed by atoms with Gasteiger partial charge in [0.1, 0.15) is 0 Å². The molecule has 1 unspecified atom stereocenters. The molecule has 20 heavy (non-hydrogen) atoms. The summed E-state index contributed by atoms with van der Waals surface area (Å²) in [5, 5.41) is 9.51. The molecule has 0 radical (unpaired) electrons. The van der Waals surface area contributed by atoms with Crippen LogP contribution in [0.25, 0.3) is 0 Å². The van der Waals surface area contributed by atoms with Gasteiger partial charge in [-0.2, -0.15) is 0 Å². The SMILES string of the molecule is CCOC(=O)C(F)[C@@H](N)c1cc(Cl)c(O)c(OC)c1.Cl. The lowest BCUT2D eigenvalue weighted by Gasteiger charge is -2.17. The van der Waals surface area contributed by atoms with E-state index in [1.54, 1.807) is 6.92 Å². The fourth-order valence-electron chi connectivity index (χ4n) is 1.48. The average molecular weight is 328 g/mol. The van der Waals surface area contributed by atoms with Gasteiger partial charge < -0.3 is 20.3 Å². The minimum Gasteiger partial charge on any atom is -0.503 e. The Morgan fingerprint density at radius 1 is 1.55 bits per heavy atom. The molecule has 3 N–H and O–H groups in total. The van der Waals surface area contributed by atoms with E-state index in [4.69, 9.17) is 22.1 Å². The molecule has 8 heteroatoms. The third-order valence-corrected chi connectivity index (χ3v) is 2.77. The monoisotopic (exact) mass is 327 g/mol. The van der Waals surface area contributed by atoms with E-state index in [0.717, 1.165) is 0 Å². The molecule has 5 nitrogen and oxygen atoms in total. The summed E-state index contributed by atoms with van der Waals surface area (Å²) >= 11 is 5.76. The molecule has 0 heterocycles. The third kappa shape index (κ3) is 4.13. The summed E-state index contributed by atoms with van der Waals surface area (Å²) in [6, 6.07) is 1.33. The number of ether oxygens (including phenoxy) is 2. The van der Waals surface area contributed by atoms with Crippen molar-refractivity contribution in [2.45, 2.75) is 19.1 Å². The van der Waals surface area contributed by atoms with Crippen LogP contribution < -0.4 is 10.5 Å². The number of methoxy groups -OCH3 is 1. The molecule has 114 valence electrons. The Morgan fingerprint density at radius 2 is 2.15 bits per heavy atom. The van der Waals surface area contributed by atoms with Crippen LogP contribution in [0.2, 0.25) is 5.02 Å². The maximum Gasteiger partial charge on any atom is 0.342 e. The standard InChI is InChI=1S/C12H15ClFNO4.ClH/c1-3-19-12(17)9(14)10(15)6-4-7(13)11(16)8(5-6)18-2;/h4-5,9-10,16H,3,15H2,1-2H3;1H/t9?,10-;/m0./s1. The van der Waals surface area contributed by atoms with Gasteiger partial charge in [0.05, 0.1) is 24.8 Å². The second kappa shape index (κ2) is 8.14. The summed E-state index contributed by atoms with van der Waals surface area (Å²) < 4.78 is 23.2. The van der Waals surface area contributed by atoms with Gasteiger partial charge in [0.2, 0.25) is 6.17 Å². The number of hydrogen-bond donors (Lipinski definition) is 2. The van der Waals surface area contributed by atoms with Crippen LogP contribution in [0.3, 0.4) is 0 Å². The van der Waals surface area contributed by atoms with Crippen molar-refractivity contribution < 1.29 is 23.8 Å². The lowest BCUT2D eigenvalue weighted by Crippen LogP contribution is -2.31. The maximum absolute atomic E-state index is 13.8. The summed E-state index contributed by atoms with van der Waals surface area (Å²) in [4.78, 5) is 11.3. The largest absolute Gasteiger partial charge is 0.503 e. The lowest BCUT2D eigenvalue weighted by molar-refractivity contribution is -0.149. The first-order valence-corrected chi connectivity index (χ1v) is 5.92. The van der Waals surface area contributed by atoms with E-state index in [1.807, 2.05) is 0 Å². The highest BCUT2D eigenvalue weighted by Gasteiger charge is 2.29. The summed E-state index contributed by atoms with van der Waals surface area (Å²) in [5.74, 6) is -1.26. The molecule has 0 aromatic heterocycles. The van der Waals surface area contributed by atoms with Gasteiger partial charge in [-0.1, -0.05) is 11.6 Å². The first-order valence-electron chi connectivity index (χ1n) is 5.55. The fraction of sp³-hybridized carbons (Fsp3) is 0.417. The van der Waals surface area contributed by atoms with E-state index in [0.29, 0.717) is 0 Å². The summed E-state index contributed by atoms with van der Waals surface area (Å²) in [6.45, 7) is 1.63. The van der Waals surface area contributed by atoms with Gasteiger partial charge in [-0.25, -0.2) is 9.18 Å². The van der Waals surface area contributed by atoms with Crippen LogP contribution in [0.4, 0.5) is 4.39 Å². The Labute approximate surface area is 127 Å². The second-order valence-corrected chi connectivity index (χ2v) is 4.14. The number of phenols is 1. The number of esters is 1. The fourth-order valence-corrected chi connectivity index (χ4v) is 1.70. The number of aromatic hydroxyl groups is 1. The summed E-state index contributed by atoms with van der Waals surface area (Å²) in [6.07, 6.45) is -2.02. The van der Waals surface area contributed by atoms with Crippen molar-refractivity contribution in [1.82, 2.24) is 0 Å². The maximum atomic E-state index is 13.8. The molecule has 0 bridgehead atoms. The normalized spacial score (nSPS) is 13.1. The molecule has 2 atom stereocenters. The first kappa shape index (κ1) is 18.8. The number of benzene rings is 1. The first-order chi connectivity index (χ1) is 8.92. The van der Waals surface area contributed by atoms with Gasteiger partial charge >= 0.3 is 5.97 Å². The highest BCUT2D eigenvalue weighted by molar-refractivity contribution is 6.32. The minimum absolute atomic E-state index is 0. The van der Waals surface area contributed by atoms with Crippen LogP contribution in [0.1, 0.15) is 18.5 Å². The molecule has 0 spiro atoms. The van der Waals surface area contributed by atoms with E-state index in [2.05, 4.69) is 4.74 Å². The summed E-state index contributed by atoms with van der Waals surface area (Å²) in [7, 11) is 1.32. The molecule has 0 fully saturated rings. The molecule has 0 amide bonds. The lowest BCUT2D eigenvalue weighted by atomic mass is 10.0. The molecule has 0 saturated heterocycles. The zero-order valence-electron chi connectivity index (χ0n) is 10.9. The van der Waals surface area contributed by atoms with Crippen molar-refractivity contribution in [2.75, 3.05) is 13.7 Å². The number of alkyl halides is 1. The predicted octanol–water partition coefficient (Wildman–Crippen LogP) is 2.38. The number of halogens is 3. The zero-order valence-corrected chi connectivity index (χ0v) is 12.5. The number of hydrogen-bond acceptors (Lipinski definition) is 5. The molecule has 1 aromatic rings. The molecule has 0 aliphatic carbocycles. The van der Waals surface area contributed by atoms with E-state index in [-0.39, 0.29) is 41.1 Å². The Morgan fingerprint density at radius 3 is 2.65 bits per heavy atom. The number of carbonyl (C=O) groups is 1. The Kier molecular flexibility index (Phi) is 7.63. The van der Waals surface area contributed by atoms with Crippen molar-refractivity contribution >= 4 is 30.0 Å². The Balaban J connectivity index is 0.00000361.